The first-order valence-electron chi connectivity index (χ1n) is 8.45. The van der Waals surface area contributed by atoms with Crippen LogP contribution in [0.2, 0.25) is 0 Å². The van der Waals surface area contributed by atoms with E-state index in [1.807, 2.05) is 6.92 Å². The minimum absolute atomic E-state index is 0. The lowest BCUT2D eigenvalue weighted by molar-refractivity contribution is -0.132. The van der Waals surface area contributed by atoms with Crippen molar-refractivity contribution in [2.75, 3.05) is 33.7 Å². The highest BCUT2D eigenvalue weighted by Gasteiger charge is 2.36. The van der Waals surface area contributed by atoms with Gasteiger partial charge in [0.2, 0.25) is 0 Å². The van der Waals surface area contributed by atoms with Gasteiger partial charge < -0.3 is 15.5 Å². The third-order valence-electron chi connectivity index (χ3n) is 4.59. The number of likely N-dealkylation sites (N-methyl/N-ethyl adjacent to an activating group) is 1. The van der Waals surface area contributed by atoms with Crippen LogP contribution in [0.3, 0.4) is 0 Å². The van der Waals surface area contributed by atoms with Gasteiger partial charge in [-0.3, -0.25) is 4.99 Å². The Morgan fingerprint density at radius 1 is 1.29 bits per heavy atom. The van der Waals surface area contributed by atoms with E-state index in [0.717, 1.165) is 12.8 Å². The molecule has 2 N–H and O–H groups in total. The van der Waals surface area contributed by atoms with Crippen LogP contribution in [0.25, 0.3) is 0 Å². The molecular formula is C16H32F3IN4. The second-order valence-electron chi connectivity index (χ2n) is 6.81. The molecule has 1 rings (SSSR count). The Kier molecular flexibility index (Phi) is 10.6. The van der Waals surface area contributed by atoms with E-state index in [-0.39, 0.29) is 36.1 Å². The summed E-state index contributed by atoms with van der Waals surface area (Å²) in [4.78, 5) is 6.80. The standard InChI is InChI=1S/C16H31F3N4.HI/c1-5-20-14(21-10-9-16(17,18)19)22-12-15(23(3)4)8-6-7-13(2)11-15;/h13H,5-12H2,1-4H3,(H2,20,21,22);1H. The van der Waals surface area contributed by atoms with Crippen molar-refractivity contribution in [3.63, 3.8) is 0 Å². The molecule has 4 nitrogen and oxygen atoms in total. The maximum Gasteiger partial charge on any atom is 0.390 e. The molecule has 144 valence electrons. The molecule has 0 saturated heterocycles. The Hall–Kier alpha value is -0.250. The van der Waals surface area contributed by atoms with Crippen molar-refractivity contribution >= 4 is 29.9 Å². The van der Waals surface area contributed by atoms with Gasteiger partial charge in [-0.15, -0.1) is 24.0 Å². The van der Waals surface area contributed by atoms with E-state index >= 15 is 0 Å². The van der Waals surface area contributed by atoms with Crippen molar-refractivity contribution in [3.05, 3.63) is 0 Å². The zero-order valence-electron chi connectivity index (χ0n) is 15.2. The second kappa shape index (κ2) is 10.7. The zero-order valence-corrected chi connectivity index (χ0v) is 17.5. The van der Waals surface area contributed by atoms with Gasteiger partial charge in [0, 0.05) is 18.6 Å². The van der Waals surface area contributed by atoms with Gasteiger partial charge in [-0.1, -0.05) is 19.8 Å². The molecule has 2 unspecified atom stereocenters. The molecule has 1 saturated carbocycles. The van der Waals surface area contributed by atoms with Crippen molar-refractivity contribution in [2.24, 2.45) is 10.9 Å². The minimum Gasteiger partial charge on any atom is -0.357 e. The molecule has 0 radical (unpaired) electrons. The molecule has 0 aromatic heterocycles. The maximum absolute atomic E-state index is 12.3. The lowest BCUT2D eigenvalue weighted by atomic mass is 9.75. The van der Waals surface area contributed by atoms with Crippen LogP contribution in [0.1, 0.15) is 46.0 Å². The summed E-state index contributed by atoms with van der Waals surface area (Å²) in [6.45, 7) is 5.24. The fourth-order valence-electron chi connectivity index (χ4n) is 3.21. The van der Waals surface area contributed by atoms with Crippen LogP contribution in [-0.4, -0.2) is 56.3 Å². The summed E-state index contributed by atoms with van der Waals surface area (Å²) in [5.74, 6) is 1.12. The van der Waals surface area contributed by atoms with E-state index < -0.39 is 12.6 Å². The molecule has 1 fully saturated rings. The molecule has 2 atom stereocenters. The van der Waals surface area contributed by atoms with E-state index in [4.69, 9.17) is 0 Å². The van der Waals surface area contributed by atoms with Crippen molar-refractivity contribution in [1.29, 1.82) is 0 Å². The highest BCUT2D eigenvalue weighted by atomic mass is 127. The first-order chi connectivity index (χ1) is 10.7. The summed E-state index contributed by atoms with van der Waals surface area (Å²) < 4.78 is 36.8. The van der Waals surface area contributed by atoms with E-state index in [2.05, 4.69) is 41.5 Å². The molecule has 1 aliphatic carbocycles. The molecule has 0 heterocycles. The average Bonchev–Trinajstić information content (AvgIpc) is 2.43. The van der Waals surface area contributed by atoms with Gasteiger partial charge in [-0.2, -0.15) is 13.2 Å². The van der Waals surface area contributed by atoms with E-state index in [1.165, 1.54) is 12.8 Å². The Labute approximate surface area is 161 Å². The van der Waals surface area contributed by atoms with Crippen LogP contribution in [0.4, 0.5) is 13.2 Å². The van der Waals surface area contributed by atoms with Gasteiger partial charge in [0.1, 0.15) is 0 Å². The largest absolute Gasteiger partial charge is 0.390 e. The van der Waals surface area contributed by atoms with Crippen molar-refractivity contribution < 1.29 is 13.2 Å². The Bertz CT molecular complexity index is 388. The van der Waals surface area contributed by atoms with Gasteiger partial charge in [-0.25, -0.2) is 0 Å². The number of rotatable bonds is 6. The number of hydrogen-bond acceptors (Lipinski definition) is 2. The molecule has 0 aromatic rings. The number of nitrogens with zero attached hydrogens (tertiary/aromatic N) is 2. The Morgan fingerprint density at radius 3 is 2.46 bits per heavy atom. The van der Waals surface area contributed by atoms with Crippen LogP contribution in [0.5, 0.6) is 0 Å². The lowest BCUT2D eigenvalue weighted by Crippen LogP contribution is -2.51. The smallest absolute Gasteiger partial charge is 0.357 e. The number of nitrogens with one attached hydrogen (secondary N) is 2. The second-order valence-corrected chi connectivity index (χ2v) is 6.81. The summed E-state index contributed by atoms with van der Waals surface area (Å²) in [5, 5.41) is 5.81. The van der Waals surface area contributed by atoms with Crippen LogP contribution in [0.15, 0.2) is 4.99 Å². The third-order valence-corrected chi connectivity index (χ3v) is 4.59. The molecule has 0 amide bonds. The Morgan fingerprint density at radius 2 is 1.96 bits per heavy atom. The summed E-state index contributed by atoms with van der Waals surface area (Å²) in [7, 11) is 4.13. The number of guanidine groups is 1. The lowest BCUT2D eigenvalue weighted by Gasteiger charge is -2.44. The van der Waals surface area contributed by atoms with Crippen molar-refractivity contribution in [3.8, 4) is 0 Å². The predicted molar refractivity (Wildman–Crippen MR) is 104 cm³/mol. The predicted octanol–water partition coefficient (Wildman–Crippen LogP) is 3.62. The number of halogens is 4. The molecule has 0 spiro atoms. The van der Waals surface area contributed by atoms with E-state index in [9.17, 15) is 13.2 Å². The molecule has 0 bridgehead atoms. The number of aliphatic imine (C=N–C) groups is 1. The molecule has 0 aromatic carbocycles. The van der Waals surface area contributed by atoms with Crippen LogP contribution >= 0.6 is 24.0 Å². The molecule has 1 aliphatic rings. The summed E-state index contributed by atoms with van der Waals surface area (Å²) >= 11 is 0. The third kappa shape index (κ3) is 8.22. The summed E-state index contributed by atoms with van der Waals surface area (Å²) in [6.07, 6.45) is -0.432. The first kappa shape index (κ1) is 23.8. The van der Waals surface area contributed by atoms with Crippen molar-refractivity contribution in [2.45, 2.75) is 57.7 Å². The molecule has 24 heavy (non-hydrogen) atoms. The monoisotopic (exact) mass is 464 g/mol. The van der Waals surface area contributed by atoms with Gasteiger partial charge in [0.05, 0.1) is 13.0 Å². The van der Waals surface area contributed by atoms with Gasteiger partial charge in [0.15, 0.2) is 5.96 Å². The summed E-state index contributed by atoms with van der Waals surface area (Å²) in [6, 6.07) is 0. The van der Waals surface area contributed by atoms with E-state index in [1.54, 1.807) is 0 Å². The topological polar surface area (TPSA) is 39.7 Å². The Balaban J connectivity index is 0.00000529. The first-order valence-corrected chi connectivity index (χ1v) is 8.45. The van der Waals surface area contributed by atoms with Crippen LogP contribution < -0.4 is 10.6 Å². The molecule has 0 aliphatic heterocycles. The van der Waals surface area contributed by atoms with Crippen LogP contribution in [0, 0.1) is 5.92 Å². The van der Waals surface area contributed by atoms with E-state index in [0.29, 0.717) is 25.0 Å². The molecule has 8 heteroatoms. The fourth-order valence-corrected chi connectivity index (χ4v) is 3.21. The van der Waals surface area contributed by atoms with Gasteiger partial charge in [-0.05, 0) is 39.8 Å². The van der Waals surface area contributed by atoms with Gasteiger partial charge in [0.25, 0.3) is 0 Å². The fraction of sp³-hybridized carbons (Fsp3) is 0.938. The average molecular weight is 464 g/mol. The minimum atomic E-state index is -4.14. The highest BCUT2D eigenvalue weighted by molar-refractivity contribution is 14.0. The molecular weight excluding hydrogens is 432 g/mol. The SMILES string of the molecule is CCNC(=NCC1(N(C)C)CCCC(C)C1)NCCC(F)(F)F.I. The number of alkyl halides is 3. The van der Waals surface area contributed by atoms with Gasteiger partial charge >= 0.3 is 6.18 Å². The van der Waals surface area contributed by atoms with Crippen LogP contribution in [-0.2, 0) is 0 Å². The maximum atomic E-state index is 12.3. The number of hydrogen-bond donors (Lipinski definition) is 2. The quantitative estimate of drug-likeness (QED) is 0.359. The van der Waals surface area contributed by atoms with Crippen molar-refractivity contribution in [1.82, 2.24) is 15.5 Å². The normalized spacial score (nSPS) is 25.3. The summed E-state index contributed by atoms with van der Waals surface area (Å²) in [5.41, 5.74) is 0.00401. The highest BCUT2D eigenvalue weighted by Crippen LogP contribution is 2.35. The zero-order chi connectivity index (χ0) is 17.5.